The van der Waals surface area contributed by atoms with Crippen molar-refractivity contribution in [1.82, 2.24) is 15.2 Å². The molecule has 1 aromatic heterocycles. The highest BCUT2D eigenvalue weighted by atomic mass is 16.4. The number of carbonyl (C=O) groups is 1. The zero-order valence-electron chi connectivity index (χ0n) is 4.33. The maximum Gasteiger partial charge on any atom is 0.373 e. The van der Waals surface area contributed by atoms with Gasteiger partial charge < -0.3 is 10.6 Å². The number of hydrogen-bond donors (Lipinski definition) is 2. The third-order valence-corrected chi connectivity index (χ3v) is 0.618. The van der Waals surface area contributed by atoms with E-state index in [1.165, 1.54) is 0 Å². The van der Waals surface area contributed by atoms with E-state index in [-0.39, 0.29) is 11.3 Å². The highest BCUT2D eigenvalue weighted by Crippen LogP contribution is 1.80. The predicted octanol–water partition coefficient (Wildman–Crippen LogP) is -1.32. The Morgan fingerprint density at radius 1 is 1.78 bits per heavy atom. The molecule has 0 bridgehead atoms. The number of rotatable bonds is 1. The van der Waals surface area contributed by atoms with Crippen LogP contribution in [0.25, 0.3) is 0 Å². The fraction of sp³-hybridized carbons (Fsp3) is 0. The average molecular weight is 131 g/mol. The highest BCUT2D eigenvalue weighted by Gasteiger charge is 2.01. The molecule has 1 rings (SSSR count). The first-order valence-corrected chi connectivity index (χ1v) is 1.89. The van der Waals surface area contributed by atoms with Crippen LogP contribution in [0, 0.1) is 0 Å². The van der Waals surface area contributed by atoms with Crippen LogP contribution in [0.1, 0.15) is 10.6 Å². The van der Waals surface area contributed by atoms with Crippen molar-refractivity contribution in [2.24, 2.45) is 0 Å². The third-order valence-electron chi connectivity index (χ3n) is 0.618. The van der Waals surface area contributed by atoms with Gasteiger partial charge in [-0.05, 0) is 0 Å². The highest BCUT2D eigenvalue weighted by molar-refractivity contribution is 5.82. The number of nitrogens with zero attached hydrogens (tertiary/aromatic N) is 2. The van der Waals surface area contributed by atoms with E-state index in [1.54, 1.807) is 0 Å². The van der Waals surface area contributed by atoms with E-state index in [2.05, 4.69) is 15.2 Å². The summed E-state index contributed by atoms with van der Waals surface area (Å²) in [6, 6.07) is 0. The number of carboxylic acid groups (broad SMARTS) is 1. The van der Waals surface area contributed by atoms with Gasteiger partial charge in [0.15, 0.2) is 0 Å². The zero-order chi connectivity index (χ0) is 5.98. The minimum Gasteiger partial charge on any atom is -0.475 e. The van der Waals surface area contributed by atoms with Gasteiger partial charge in [0, 0.05) is 0 Å². The number of aromatic nitrogens is 3. The molecule has 50 valence electrons. The summed E-state index contributed by atoms with van der Waals surface area (Å²) in [6.07, 6.45) is 1.14. The number of hydrogen-bond acceptors (Lipinski definition) is 3. The molecule has 0 saturated carbocycles. The molecule has 0 atom stereocenters. The summed E-state index contributed by atoms with van der Waals surface area (Å²) in [4.78, 5) is 13.3. The Bertz CT molecular complexity index is 182. The van der Waals surface area contributed by atoms with E-state index in [4.69, 9.17) is 5.11 Å². The maximum absolute atomic E-state index is 9.93. The van der Waals surface area contributed by atoms with Crippen LogP contribution in [0.3, 0.4) is 0 Å². The second-order valence-corrected chi connectivity index (χ2v) is 1.14. The van der Waals surface area contributed by atoms with Crippen LogP contribution < -0.4 is 0 Å². The number of aromatic carboxylic acids is 1. The van der Waals surface area contributed by atoms with Gasteiger partial charge in [-0.25, -0.2) is 9.78 Å². The Kier molecular flexibility index (Phi) is 2.33. The van der Waals surface area contributed by atoms with Crippen molar-refractivity contribution >= 4 is 5.97 Å². The van der Waals surface area contributed by atoms with Crippen molar-refractivity contribution < 1.29 is 15.4 Å². The summed E-state index contributed by atoms with van der Waals surface area (Å²) in [6.45, 7) is 0. The quantitative estimate of drug-likeness (QED) is 0.492. The molecule has 1 heterocycles. The van der Waals surface area contributed by atoms with E-state index in [0.717, 1.165) is 6.33 Å². The second kappa shape index (κ2) is 2.78. The fourth-order valence-corrected chi connectivity index (χ4v) is 0.309. The van der Waals surface area contributed by atoms with Crippen molar-refractivity contribution in [2.45, 2.75) is 0 Å². The van der Waals surface area contributed by atoms with Crippen LogP contribution in [0.2, 0.25) is 0 Å². The van der Waals surface area contributed by atoms with E-state index in [1.807, 2.05) is 0 Å². The van der Waals surface area contributed by atoms with Crippen molar-refractivity contribution in [3.8, 4) is 0 Å². The second-order valence-electron chi connectivity index (χ2n) is 1.14. The van der Waals surface area contributed by atoms with Crippen LogP contribution in [0.15, 0.2) is 6.33 Å². The summed E-state index contributed by atoms with van der Waals surface area (Å²) in [7, 11) is 0. The normalized spacial score (nSPS) is 8.00. The van der Waals surface area contributed by atoms with Crippen molar-refractivity contribution in [1.29, 1.82) is 0 Å². The summed E-state index contributed by atoms with van der Waals surface area (Å²) in [5, 5.41) is 13.6. The van der Waals surface area contributed by atoms with Crippen LogP contribution in [-0.2, 0) is 0 Å². The van der Waals surface area contributed by atoms with Crippen molar-refractivity contribution in [3.63, 3.8) is 0 Å². The lowest BCUT2D eigenvalue weighted by Crippen LogP contribution is -1.97. The smallest absolute Gasteiger partial charge is 0.373 e. The van der Waals surface area contributed by atoms with Crippen LogP contribution in [0.5, 0.6) is 0 Å². The van der Waals surface area contributed by atoms with Crippen molar-refractivity contribution in [3.05, 3.63) is 12.2 Å². The predicted molar refractivity (Wildman–Crippen MR) is 27.0 cm³/mol. The summed E-state index contributed by atoms with van der Waals surface area (Å²) in [5.74, 6) is -1.23. The molecule has 0 aliphatic rings. The minimum atomic E-state index is -1.09. The van der Waals surface area contributed by atoms with E-state index in [0.29, 0.717) is 0 Å². The molecule has 6 heteroatoms. The number of carboxylic acids is 1. The van der Waals surface area contributed by atoms with Crippen LogP contribution in [0.4, 0.5) is 0 Å². The molecular formula is C3H5N3O3. The van der Waals surface area contributed by atoms with E-state index in [9.17, 15) is 4.79 Å². The zero-order valence-corrected chi connectivity index (χ0v) is 4.33. The molecule has 4 N–H and O–H groups in total. The molecule has 0 fully saturated rings. The molecule has 0 radical (unpaired) electrons. The first-order chi connectivity index (χ1) is 3.80. The first kappa shape index (κ1) is 7.57. The minimum absolute atomic E-state index is 0. The molecule has 9 heavy (non-hydrogen) atoms. The molecule has 0 aromatic carbocycles. The lowest BCUT2D eigenvalue weighted by atomic mass is 10.7. The molecule has 0 unspecified atom stereocenters. The largest absolute Gasteiger partial charge is 0.475 e. The number of H-pyrrole nitrogens is 1. The third kappa shape index (κ3) is 1.50. The van der Waals surface area contributed by atoms with Crippen LogP contribution >= 0.6 is 0 Å². The van der Waals surface area contributed by atoms with Gasteiger partial charge in [-0.1, -0.05) is 0 Å². The molecule has 1 aromatic rings. The number of aromatic amines is 1. The Morgan fingerprint density at radius 2 is 2.44 bits per heavy atom. The SMILES string of the molecule is O.O=C(O)c1ncn[nH]1. The molecular weight excluding hydrogens is 126 g/mol. The van der Waals surface area contributed by atoms with Gasteiger partial charge in [0.25, 0.3) is 0 Å². The van der Waals surface area contributed by atoms with E-state index < -0.39 is 5.97 Å². The van der Waals surface area contributed by atoms with Gasteiger partial charge in [-0.3, -0.25) is 5.10 Å². The fourth-order valence-electron chi connectivity index (χ4n) is 0.309. The first-order valence-electron chi connectivity index (χ1n) is 1.89. The lowest BCUT2D eigenvalue weighted by Gasteiger charge is -1.77. The topological polar surface area (TPSA) is 110 Å². The van der Waals surface area contributed by atoms with Crippen molar-refractivity contribution in [2.75, 3.05) is 0 Å². The molecule has 0 aliphatic carbocycles. The number of nitrogens with one attached hydrogen (secondary N) is 1. The summed E-state index contributed by atoms with van der Waals surface area (Å²) in [5.41, 5.74) is 0. The van der Waals surface area contributed by atoms with Gasteiger partial charge in [0.1, 0.15) is 6.33 Å². The standard InChI is InChI=1S/C3H3N3O2.H2O/c7-3(8)2-4-1-5-6-2;/h1H,(H,7,8)(H,4,5,6);1H2. The van der Waals surface area contributed by atoms with Gasteiger partial charge in [-0.2, -0.15) is 5.10 Å². The molecule has 0 spiro atoms. The van der Waals surface area contributed by atoms with Gasteiger partial charge in [0.05, 0.1) is 0 Å². The Balaban J connectivity index is 0.000000640. The molecule has 6 nitrogen and oxygen atoms in total. The lowest BCUT2D eigenvalue weighted by molar-refractivity contribution is 0.0684. The average Bonchev–Trinajstić information content (AvgIpc) is 2.12. The molecule has 0 saturated heterocycles. The molecule has 0 aliphatic heterocycles. The maximum atomic E-state index is 9.93. The van der Waals surface area contributed by atoms with Gasteiger partial charge >= 0.3 is 5.97 Å². The van der Waals surface area contributed by atoms with Crippen LogP contribution in [-0.4, -0.2) is 31.7 Å². The Hall–Kier alpha value is -1.43. The summed E-state index contributed by atoms with van der Waals surface area (Å²) >= 11 is 0. The van der Waals surface area contributed by atoms with Gasteiger partial charge in [-0.15, -0.1) is 0 Å². The van der Waals surface area contributed by atoms with E-state index >= 15 is 0 Å². The molecule has 0 amide bonds. The summed E-state index contributed by atoms with van der Waals surface area (Å²) < 4.78 is 0. The Morgan fingerprint density at radius 3 is 2.67 bits per heavy atom. The Labute approximate surface area is 49.8 Å². The monoisotopic (exact) mass is 131 g/mol. The van der Waals surface area contributed by atoms with Gasteiger partial charge in [0.2, 0.25) is 5.82 Å².